The predicted molar refractivity (Wildman–Crippen MR) is 78.1 cm³/mol. The summed E-state index contributed by atoms with van der Waals surface area (Å²) in [5.74, 6) is 0. The summed E-state index contributed by atoms with van der Waals surface area (Å²) in [6, 6.07) is 3.97. The Hall–Kier alpha value is -1.41. The maximum atomic E-state index is 12.5. The third-order valence-corrected chi connectivity index (χ3v) is 5.27. The van der Waals surface area contributed by atoms with E-state index in [-0.39, 0.29) is 11.6 Å². The molecule has 1 fully saturated rings. The van der Waals surface area contributed by atoms with E-state index in [2.05, 4.69) is 5.10 Å². The van der Waals surface area contributed by atoms with Crippen LogP contribution in [0.25, 0.3) is 10.8 Å². The van der Waals surface area contributed by atoms with Gasteiger partial charge in [-0.05, 0) is 44.7 Å². The summed E-state index contributed by atoms with van der Waals surface area (Å²) < 4.78 is 14.0. The number of aryl methyl sites for hydroxylation is 1. The number of nitrogens with zero attached hydrogens (tertiary/aromatic N) is 2. The van der Waals surface area contributed by atoms with Crippen LogP contribution in [0.15, 0.2) is 23.1 Å². The van der Waals surface area contributed by atoms with Gasteiger partial charge in [0, 0.05) is 10.7 Å². The fourth-order valence-electron chi connectivity index (χ4n) is 2.62. The standard InChI is InChI=1S/C14H17N2O2P/c1-9-4-7-11-12(13(9)19(2,3)18)8-15-16(14(11)17)10-5-6-10/h4,7-8,10H,5-6H2,1-3H3. The molecule has 0 amide bonds. The fraction of sp³-hybridized carbons (Fsp3) is 0.429. The molecule has 19 heavy (non-hydrogen) atoms. The number of benzene rings is 1. The minimum Gasteiger partial charge on any atom is -0.319 e. The van der Waals surface area contributed by atoms with E-state index in [0.717, 1.165) is 29.1 Å². The zero-order chi connectivity index (χ0) is 13.8. The van der Waals surface area contributed by atoms with Gasteiger partial charge in [0.15, 0.2) is 0 Å². The smallest absolute Gasteiger partial charge is 0.274 e. The summed E-state index contributed by atoms with van der Waals surface area (Å²) >= 11 is 0. The van der Waals surface area contributed by atoms with Crippen molar-refractivity contribution in [1.29, 1.82) is 0 Å². The molecule has 0 bridgehead atoms. The van der Waals surface area contributed by atoms with E-state index in [1.807, 2.05) is 19.1 Å². The summed E-state index contributed by atoms with van der Waals surface area (Å²) in [4.78, 5) is 12.4. The highest BCUT2D eigenvalue weighted by Gasteiger charge is 2.27. The molecule has 0 saturated heterocycles. The van der Waals surface area contributed by atoms with Crippen molar-refractivity contribution in [2.24, 2.45) is 0 Å². The Kier molecular flexibility index (Phi) is 2.68. The van der Waals surface area contributed by atoms with Gasteiger partial charge < -0.3 is 4.57 Å². The fourth-order valence-corrected chi connectivity index (χ4v) is 4.31. The first kappa shape index (κ1) is 12.6. The van der Waals surface area contributed by atoms with Crippen molar-refractivity contribution in [1.82, 2.24) is 9.78 Å². The summed E-state index contributed by atoms with van der Waals surface area (Å²) in [5.41, 5.74) is 0.904. The van der Waals surface area contributed by atoms with Gasteiger partial charge in [-0.3, -0.25) is 4.79 Å². The molecule has 0 N–H and O–H groups in total. The van der Waals surface area contributed by atoms with Gasteiger partial charge in [0.2, 0.25) is 0 Å². The molecule has 1 saturated carbocycles. The number of fused-ring (bicyclic) bond motifs is 1. The Bertz CT molecular complexity index is 769. The van der Waals surface area contributed by atoms with Crippen molar-refractivity contribution >= 4 is 23.2 Å². The number of aromatic nitrogens is 2. The average molecular weight is 276 g/mol. The molecule has 1 heterocycles. The molecule has 4 nitrogen and oxygen atoms in total. The van der Waals surface area contributed by atoms with Crippen LogP contribution in [0.2, 0.25) is 0 Å². The zero-order valence-electron chi connectivity index (χ0n) is 11.4. The molecule has 3 rings (SSSR count). The molecule has 1 aliphatic carbocycles. The normalized spacial score (nSPS) is 15.9. The SMILES string of the molecule is Cc1ccc2c(=O)n(C3CC3)ncc2c1P(C)(C)=O. The molecule has 0 aliphatic heterocycles. The molecule has 2 aromatic rings. The van der Waals surface area contributed by atoms with Gasteiger partial charge in [-0.1, -0.05) is 6.07 Å². The number of hydrogen-bond acceptors (Lipinski definition) is 3. The van der Waals surface area contributed by atoms with Crippen molar-refractivity contribution in [2.45, 2.75) is 25.8 Å². The van der Waals surface area contributed by atoms with Crippen molar-refractivity contribution < 1.29 is 4.57 Å². The predicted octanol–water partition coefficient (Wildman–Crippen LogP) is 2.29. The summed E-state index contributed by atoms with van der Waals surface area (Å²) in [7, 11) is -2.43. The van der Waals surface area contributed by atoms with Crippen LogP contribution in [-0.4, -0.2) is 23.1 Å². The molecule has 0 radical (unpaired) electrons. The highest BCUT2D eigenvalue weighted by molar-refractivity contribution is 7.70. The summed E-state index contributed by atoms with van der Waals surface area (Å²) in [6.07, 6.45) is 3.76. The first-order chi connectivity index (χ1) is 8.89. The first-order valence-electron chi connectivity index (χ1n) is 6.46. The molecule has 0 unspecified atom stereocenters. The molecular weight excluding hydrogens is 259 g/mol. The van der Waals surface area contributed by atoms with E-state index in [1.165, 1.54) is 0 Å². The Morgan fingerprint density at radius 1 is 1.26 bits per heavy atom. The lowest BCUT2D eigenvalue weighted by atomic mass is 10.1. The van der Waals surface area contributed by atoms with Crippen LogP contribution in [0.4, 0.5) is 0 Å². The monoisotopic (exact) mass is 276 g/mol. The lowest BCUT2D eigenvalue weighted by Crippen LogP contribution is -2.24. The second-order valence-corrected chi connectivity index (χ2v) is 8.82. The van der Waals surface area contributed by atoms with Crippen molar-refractivity contribution in [3.63, 3.8) is 0 Å². The molecular formula is C14H17N2O2P. The van der Waals surface area contributed by atoms with Crippen LogP contribution < -0.4 is 10.9 Å². The maximum absolute atomic E-state index is 12.5. The minimum absolute atomic E-state index is 0.0605. The van der Waals surface area contributed by atoms with Crippen LogP contribution in [0.3, 0.4) is 0 Å². The van der Waals surface area contributed by atoms with Gasteiger partial charge in [0.1, 0.15) is 7.14 Å². The van der Waals surface area contributed by atoms with E-state index in [4.69, 9.17) is 0 Å². The first-order valence-corrected chi connectivity index (χ1v) is 9.06. The van der Waals surface area contributed by atoms with E-state index in [9.17, 15) is 9.36 Å². The van der Waals surface area contributed by atoms with Crippen LogP contribution in [-0.2, 0) is 4.57 Å². The third-order valence-electron chi connectivity index (χ3n) is 3.60. The van der Waals surface area contributed by atoms with Crippen molar-refractivity contribution in [3.05, 3.63) is 34.2 Å². The van der Waals surface area contributed by atoms with Gasteiger partial charge in [0.25, 0.3) is 5.56 Å². The van der Waals surface area contributed by atoms with Crippen LogP contribution in [0.1, 0.15) is 24.4 Å². The lowest BCUT2D eigenvalue weighted by Gasteiger charge is -2.14. The molecule has 0 atom stereocenters. The second-order valence-electron chi connectivity index (χ2n) is 5.67. The zero-order valence-corrected chi connectivity index (χ0v) is 12.3. The minimum atomic E-state index is -2.43. The van der Waals surface area contributed by atoms with Gasteiger partial charge in [-0.2, -0.15) is 5.10 Å². The second kappa shape index (κ2) is 4.04. The lowest BCUT2D eigenvalue weighted by molar-refractivity contribution is 0.588. The van der Waals surface area contributed by atoms with E-state index < -0.39 is 7.14 Å². The number of rotatable bonds is 2. The summed E-state index contributed by atoms with van der Waals surface area (Å²) in [5, 5.41) is 6.43. The van der Waals surface area contributed by atoms with Crippen LogP contribution in [0.5, 0.6) is 0 Å². The number of hydrogen-bond donors (Lipinski definition) is 0. The van der Waals surface area contributed by atoms with E-state index >= 15 is 0 Å². The summed E-state index contributed by atoms with van der Waals surface area (Å²) in [6.45, 7) is 5.41. The largest absolute Gasteiger partial charge is 0.319 e. The topological polar surface area (TPSA) is 52.0 Å². The Morgan fingerprint density at radius 3 is 2.53 bits per heavy atom. The average Bonchev–Trinajstić information content (AvgIpc) is 3.11. The molecule has 1 aliphatic rings. The molecule has 0 spiro atoms. The third kappa shape index (κ3) is 2.04. The van der Waals surface area contributed by atoms with Gasteiger partial charge in [-0.25, -0.2) is 4.68 Å². The molecule has 100 valence electrons. The molecule has 1 aromatic heterocycles. The molecule has 1 aromatic carbocycles. The highest BCUT2D eigenvalue weighted by Crippen LogP contribution is 2.39. The van der Waals surface area contributed by atoms with Gasteiger partial charge >= 0.3 is 0 Å². The van der Waals surface area contributed by atoms with Gasteiger partial charge in [-0.15, -0.1) is 0 Å². The Balaban J connectivity index is 2.39. The van der Waals surface area contributed by atoms with E-state index in [0.29, 0.717) is 5.39 Å². The van der Waals surface area contributed by atoms with E-state index in [1.54, 1.807) is 24.2 Å². The Labute approximate surface area is 111 Å². The van der Waals surface area contributed by atoms with Crippen molar-refractivity contribution in [3.8, 4) is 0 Å². The van der Waals surface area contributed by atoms with Crippen molar-refractivity contribution in [2.75, 3.05) is 13.3 Å². The van der Waals surface area contributed by atoms with Crippen LogP contribution >= 0.6 is 7.14 Å². The quantitative estimate of drug-likeness (QED) is 0.791. The van der Waals surface area contributed by atoms with Gasteiger partial charge in [0.05, 0.1) is 17.6 Å². The Morgan fingerprint density at radius 2 is 1.95 bits per heavy atom. The molecule has 5 heteroatoms. The highest BCUT2D eigenvalue weighted by atomic mass is 31.2. The maximum Gasteiger partial charge on any atom is 0.274 e. The van der Waals surface area contributed by atoms with Crippen LogP contribution in [0, 0.1) is 6.92 Å².